The zero-order chi connectivity index (χ0) is 32.5. The molecule has 0 N–H and O–H groups in total. The molecule has 7 aromatic carbocycles. The zero-order valence-corrected chi connectivity index (χ0v) is 28.8. The Labute approximate surface area is 296 Å². The summed E-state index contributed by atoms with van der Waals surface area (Å²) in [7, 11) is 0. The Balaban J connectivity index is 1.26. The molecule has 0 amide bonds. The highest BCUT2D eigenvalue weighted by Crippen LogP contribution is 2.48. The summed E-state index contributed by atoms with van der Waals surface area (Å²) in [6.45, 7) is 0. The van der Waals surface area contributed by atoms with E-state index in [4.69, 9.17) is 9.97 Å². The van der Waals surface area contributed by atoms with E-state index in [0.29, 0.717) is 5.95 Å². The first-order valence-corrected chi connectivity index (χ1v) is 19.1. The largest absolute Gasteiger partial charge is 0.277 e. The topological polar surface area (TPSA) is 30.7 Å². The molecule has 0 unspecified atom stereocenters. The van der Waals surface area contributed by atoms with Crippen molar-refractivity contribution in [2.45, 2.75) is 0 Å². The third-order valence-electron chi connectivity index (χ3n) is 10.2. The Morgan fingerprint density at radius 3 is 1.82 bits per heavy atom. The Hall–Kier alpha value is -5.66. The van der Waals surface area contributed by atoms with Crippen LogP contribution in [0.2, 0.25) is 0 Å². The predicted octanol–water partition coefficient (Wildman–Crippen LogP) is 13.5. The zero-order valence-electron chi connectivity index (χ0n) is 26.3. The van der Waals surface area contributed by atoms with Crippen molar-refractivity contribution in [1.82, 2.24) is 14.5 Å². The molecule has 0 saturated carbocycles. The molecular weight excluding hydrogens is 667 g/mol. The molecular formula is C44H23N3S3. The van der Waals surface area contributed by atoms with Crippen LogP contribution in [0.3, 0.4) is 0 Å². The van der Waals surface area contributed by atoms with Gasteiger partial charge in [-0.25, -0.2) is 9.97 Å². The van der Waals surface area contributed by atoms with Gasteiger partial charge in [0.2, 0.25) is 5.95 Å². The summed E-state index contributed by atoms with van der Waals surface area (Å²) in [6, 6.07) is 50.7. The number of hydrogen-bond donors (Lipinski definition) is 0. The highest BCUT2D eigenvalue weighted by Gasteiger charge is 2.24. The minimum atomic E-state index is 0.700. The van der Waals surface area contributed by atoms with Crippen LogP contribution in [-0.2, 0) is 0 Å². The van der Waals surface area contributed by atoms with Crippen molar-refractivity contribution in [2.24, 2.45) is 0 Å². The highest BCUT2D eigenvalue weighted by atomic mass is 32.1. The summed E-state index contributed by atoms with van der Waals surface area (Å²) in [5.74, 6) is 0.700. The van der Waals surface area contributed by atoms with Crippen LogP contribution in [0.4, 0.5) is 0 Å². The second-order valence-electron chi connectivity index (χ2n) is 12.9. The molecule has 0 aliphatic heterocycles. The second kappa shape index (κ2) is 9.96. The van der Waals surface area contributed by atoms with Crippen LogP contribution in [0.15, 0.2) is 140 Å². The highest BCUT2D eigenvalue weighted by molar-refractivity contribution is 7.27. The van der Waals surface area contributed by atoms with E-state index in [1.54, 1.807) is 11.3 Å². The van der Waals surface area contributed by atoms with Crippen LogP contribution >= 0.6 is 34.0 Å². The van der Waals surface area contributed by atoms with E-state index >= 15 is 0 Å². The number of aromatic nitrogens is 3. The number of benzene rings is 7. The van der Waals surface area contributed by atoms with E-state index < -0.39 is 0 Å². The van der Waals surface area contributed by atoms with Gasteiger partial charge in [-0.05, 0) is 41.8 Å². The summed E-state index contributed by atoms with van der Waals surface area (Å²) < 4.78 is 8.77. The molecule has 12 rings (SSSR count). The standard InChI is InChI=1S/C44H23N3S3/c1-2-13-27-26(12-1)37-29-15-5-9-19-34(29)49-42(37)39-28-14-3-7-17-32(28)47(41(27)39)44-45-40(38-30-16-6-10-20-35(30)50-43(38)46-44)24-21-22-36-31(23-24)25-11-4-8-18-33(25)48-36/h1-23H. The van der Waals surface area contributed by atoms with Crippen LogP contribution in [-0.4, -0.2) is 14.5 Å². The van der Waals surface area contributed by atoms with Gasteiger partial charge in [-0.1, -0.05) is 103 Å². The number of para-hydroxylation sites is 1. The first-order valence-electron chi connectivity index (χ1n) is 16.7. The van der Waals surface area contributed by atoms with Gasteiger partial charge in [0, 0.05) is 77.5 Å². The number of hydrogen-bond acceptors (Lipinski definition) is 5. The monoisotopic (exact) mass is 689 g/mol. The third kappa shape index (κ3) is 3.57. The summed E-state index contributed by atoms with van der Waals surface area (Å²) >= 11 is 5.48. The molecule has 0 bridgehead atoms. The molecule has 0 aliphatic carbocycles. The van der Waals surface area contributed by atoms with E-state index in [-0.39, 0.29) is 0 Å². The summed E-state index contributed by atoms with van der Waals surface area (Å²) in [5.41, 5.74) is 4.35. The molecule has 6 heteroatoms. The number of nitrogens with zero attached hydrogens (tertiary/aromatic N) is 3. The summed E-state index contributed by atoms with van der Waals surface area (Å²) in [6.07, 6.45) is 0. The van der Waals surface area contributed by atoms with Gasteiger partial charge in [-0.15, -0.1) is 34.0 Å². The molecule has 0 radical (unpaired) electrons. The van der Waals surface area contributed by atoms with Crippen LogP contribution in [0.5, 0.6) is 0 Å². The van der Waals surface area contributed by atoms with Gasteiger partial charge in [-0.2, -0.15) is 0 Å². The Morgan fingerprint density at radius 2 is 1.02 bits per heavy atom. The minimum absolute atomic E-state index is 0.700. The predicted molar refractivity (Wildman–Crippen MR) is 218 cm³/mol. The lowest BCUT2D eigenvalue weighted by Gasteiger charge is -2.12. The maximum absolute atomic E-state index is 5.60. The lowest BCUT2D eigenvalue weighted by molar-refractivity contribution is 1.02. The average Bonchev–Trinajstić information content (AvgIpc) is 3.93. The van der Waals surface area contributed by atoms with Crippen LogP contribution in [0, 0.1) is 0 Å². The molecule has 5 aromatic heterocycles. The molecule has 3 nitrogen and oxygen atoms in total. The van der Waals surface area contributed by atoms with Gasteiger partial charge in [0.25, 0.3) is 0 Å². The van der Waals surface area contributed by atoms with Gasteiger partial charge in [0.15, 0.2) is 0 Å². The van der Waals surface area contributed by atoms with Gasteiger partial charge in [0.05, 0.1) is 16.7 Å². The van der Waals surface area contributed by atoms with E-state index in [1.807, 2.05) is 22.7 Å². The Kier molecular flexibility index (Phi) is 5.42. The lowest BCUT2D eigenvalue weighted by Crippen LogP contribution is -2.03. The summed E-state index contributed by atoms with van der Waals surface area (Å²) in [5, 5.41) is 12.5. The van der Waals surface area contributed by atoms with Crippen LogP contribution < -0.4 is 0 Å². The van der Waals surface area contributed by atoms with Crippen molar-refractivity contribution >= 4 is 127 Å². The molecule has 0 saturated heterocycles. The summed E-state index contributed by atoms with van der Waals surface area (Å²) in [4.78, 5) is 12.1. The van der Waals surface area contributed by atoms with Gasteiger partial charge in [-0.3, -0.25) is 4.57 Å². The van der Waals surface area contributed by atoms with Crippen molar-refractivity contribution in [3.8, 4) is 17.2 Å². The van der Waals surface area contributed by atoms with E-state index in [0.717, 1.165) is 32.5 Å². The molecule has 0 spiro atoms. The van der Waals surface area contributed by atoms with Crippen molar-refractivity contribution in [3.63, 3.8) is 0 Å². The first-order chi connectivity index (χ1) is 24.8. The smallest absolute Gasteiger partial charge is 0.236 e. The van der Waals surface area contributed by atoms with Crippen LogP contribution in [0.25, 0.3) is 110 Å². The van der Waals surface area contributed by atoms with Crippen molar-refractivity contribution in [3.05, 3.63) is 140 Å². The molecule has 232 valence electrons. The van der Waals surface area contributed by atoms with E-state index in [2.05, 4.69) is 144 Å². The average molecular weight is 690 g/mol. The van der Waals surface area contributed by atoms with Crippen molar-refractivity contribution < 1.29 is 0 Å². The molecule has 0 aliphatic rings. The fourth-order valence-corrected chi connectivity index (χ4v) is 11.6. The molecule has 0 fully saturated rings. The third-order valence-corrected chi connectivity index (χ3v) is 13.6. The molecule has 12 aromatic rings. The Bertz CT molecular complexity index is 3400. The molecule has 0 atom stereocenters. The van der Waals surface area contributed by atoms with Crippen molar-refractivity contribution in [1.29, 1.82) is 0 Å². The maximum Gasteiger partial charge on any atom is 0.236 e. The quantitative estimate of drug-likeness (QED) is 0.181. The van der Waals surface area contributed by atoms with Crippen LogP contribution in [0.1, 0.15) is 0 Å². The number of fused-ring (bicyclic) bond motifs is 16. The van der Waals surface area contributed by atoms with Gasteiger partial charge < -0.3 is 0 Å². The lowest BCUT2D eigenvalue weighted by atomic mass is 10.00. The fraction of sp³-hybridized carbons (Fsp3) is 0. The first kappa shape index (κ1) is 27.2. The molecule has 50 heavy (non-hydrogen) atoms. The fourth-order valence-electron chi connectivity index (χ4n) is 8.12. The normalized spacial score (nSPS) is 12.4. The SMILES string of the molecule is c1ccc2c(c1)sc1ccc(-c3nc(-n4c5ccccc5c5c6sc7ccccc7c6c6ccccc6c54)nc4sc5ccccc5c34)cc12. The van der Waals surface area contributed by atoms with E-state index in [9.17, 15) is 0 Å². The Morgan fingerprint density at radius 1 is 0.420 bits per heavy atom. The minimum Gasteiger partial charge on any atom is -0.277 e. The van der Waals surface area contributed by atoms with E-state index in [1.165, 1.54) is 72.0 Å². The second-order valence-corrected chi connectivity index (χ2v) is 16.1. The van der Waals surface area contributed by atoms with Crippen molar-refractivity contribution in [2.75, 3.05) is 0 Å². The number of rotatable bonds is 2. The molecule has 5 heterocycles. The maximum atomic E-state index is 5.60. The van der Waals surface area contributed by atoms with Gasteiger partial charge >= 0.3 is 0 Å². The number of thiophene rings is 3. The van der Waals surface area contributed by atoms with Gasteiger partial charge in [0.1, 0.15) is 4.83 Å².